The van der Waals surface area contributed by atoms with E-state index in [0.717, 1.165) is 12.8 Å². The SMILES string of the molecule is CC(C)[C@@H](NC(=O)OC(C)(C)C)C(=O)CC1CC1. The zero-order valence-corrected chi connectivity index (χ0v) is 12.1. The Morgan fingerprint density at radius 1 is 1.28 bits per heavy atom. The zero-order valence-electron chi connectivity index (χ0n) is 12.1. The minimum Gasteiger partial charge on any atom is -0.444 e. The van der Waals surface area contributed by atoms with Crippen LogP contribution in [-0.2, 0) is 9.53 Å². The topological polar surface area (TPSA) is 55.4 Å². The Labute approximate surface area is 109 Å². The van der Waals surface area contributed by atoms with Gasteiger partial charge in [0.05, 0.1) is 6.04 Å². The van der Waals surface area contributed by atoms with Crippen LogP contribution in [0.4, 0.5) is 4.79 Å². The van der Waals surface area contributed by atoms with Crippen LogP contribution in [0.25, 0.3) is 0 Å². The van der Waals surface area contributed by atoms with Gasteiger partial charge in [-0.15, -0.1) is 0 Å². The molecule has 0 saturated heterocycles. The Balaban J connectivity index is 2.51. The third-order valence-corrected chi connectivity index (χ3v) is 2.87. The van der Waals surface area contributed by atoms with Crippen LogP contribution >= 0.6 is 0 Å². The lowest BCUT2D eigenvalue weighted by atomic mass is 9.96. The molecule has 4 nitrogen and oxygen atoms in total. The van der Waals surface area contributed by atoms with E-state index in [4.69, 9.17) is 4.74 Å². The Morgan fingerprint density at radius 2 is 1.83 bits per heavy atom. The highest BCUT2D eigenvalue weighted by atomic mass is 16.6. The van der Waals surface area contributed by atoms with Crippen molar-refractivity contribution in [2.75, 3.05) is 0 Å². The first-order valence-corrected chi connectivity index (χ1v) is 6.71. The van der Waals surface area contributed by atoms with Gasteiger partial charge in [0.25, 0.3) is 0 Å². The number of carbonyl (C=O) groups excluding carboxylic acids is 2. The number of ether oxygens (including phenoxy) is 1. The molecule has 0 heterocycles. The molecule has 1 fully saturated rings. The van der Waals surface area contributed by atoms with Crippen LogP contribution in [0.15, 0.2) is 0 Å². The first kappa shape index (κ1) is 15.0. The van der Waals surface area contributed by atoms with Crippen LogP contribution in [0.3, 0.4) is 0 Å². The summed E-state index contributed by atoms with van der Waals surface area (Å²) in [4.78, 5) is 23.8. The maximum absolute atomic E-state index is 12.1. The van der Waals surface area contributed by atoms with E-state index in [-0.39, 0.29) is 11.7 Å². The van der Waals surface area contributed by atoms with Crippen molar-refractivity contribution >= 4 is 11.9 Å². The van der Waals surface area contributed by atoms with Crippen LogP contribution in [0.1, 0.15) is 53.9 Å². The van der Waals surface area contributed by atoms with E-state index in [1.54, 1.807) is 0 Å². The number of hydrogen-bond donors (Lipinski definition) is 1. The molecular formula is C14H25NO3. The molecule has 0 aliphatic heterocycles. The summed E-state index contributed by atoms with van der Waals surface area (Å²) in [6.45, 7) is 9.30. The largest absolute Gasteiger partial charge is 0.444 e. The Kier molecular flexibility index (Phi) is 4.77. The van der Waals surface area contributed by atoms with Gasteiger partial charge in [-0.05, 0) is 45.4 Å². The van der Waals surface area contributed by atoms with Crippen LogP contribution in [0.2, 0.25) is 0 Å². The van der Waals surface area contributed by atoms with E-state index >= 15 is 0 Å². The van der Waals surface area contributed by atoms with Crippen LogP contribution in [0, 0.1) is 11.8 Å². The minimum absolute atomic E-state index is 0.0868. The predicted molar refractivity (Wildman–Crippen MR) is 70.3 cm³/mol. The first-order valence-electron chi connectivity index (χ1n) is 6.71. The number of hydrogen-bond acceptors (Lipinski definition) is 3. The molecule has 4 heteroatoms. The molecular weight excluding hydrogens is 230 g/mol. The molecule has 0 radical (unpaired) electrons. The Bertz CT molecular complexity index is 313. The molecule has 1 N–H and O–H groups in total. The summed E-state index contributed by atoms with van der Waals surface area (Å²) in [6.07, 6.45) is 2.36. The van der Waals surface area contributed by atoms with E-state index in [1.165, 1.54) is 0 Å². The molecule has 0 aromatic rings. The highest BCUT2D eigenvalue weighted by Gasteiger charge is 2.31. The molecule has 1 aliphatic carbocycles. The van der Waals surface area contributed by atoms with Crippen LogP contribution in [0.5, 0.6) is 0 Å². The molecule has 1 saturated carbocycles. The van der Waals surface area contributed by atoms with Gasteiger partial charge in [-0.25, -0.2) is 4.79 Å². The number of alkyl carbamates (subject to hydrolysis) is 1. The summed E-state index contributed by atoms with van der Waals surface area (Å²) >= 11 is 0. The fourth-order valence-electron chi connectivity index (χ4n) is 1.79. The number of Topliss-reactive ketones (excluding diaryl/α,β-unsaturated/α-hetero) is 1. The maximum atomic E-state index is 12.1. The van der Waals surface area contributed by atoms with Crippen molar-refractivity contribution in [3.8, 4) is 0 Å². The molecule has 1 aliphatic rings. The van der Waals surface area contributed by atoms with Gasteiger partial charge < -0.3 is 10.1 Å². The lowest BCUT2D eigenvalue weighted by Gasteiger charge is -2.25. The highest BCUT2D eigenvalue weighted by Crippen LogP contribution is 2.33. The summed E-state index contributed by atoms with van der Waals surface area (Å²) < 4.78 is 5.19. The molecule has 0 spiro atoms. The minimum atomic E-state index is -0.537. The zero-order chi connectivity index (χ0) is 13.9. The summed E-state index contributed by atoms with van der Waals surface area (Å²) in [5, 5.41) is 2.70. The lowest BCUT2D eigenvalue weighted by Crippen LogP contribution is -2.46. The van der Waals surface area contributed by atoms with Gasteiger partial charge in [-0.2, -0.15) is 0 Å². The molecule has 104 valence electrons. The van der Waals surface area contributed by atoms with Gasteiger partial charge in [-0.3, -0.25) is 4.79 Å². The summed E-state index contributed by atoms with van der Waals surface area (Å²) in [6, 6.07) is -0.430. The first-order chi connectivity index (χ1) is 8.19. The number of amides is 1. The third kappa shape index (κ3) is 5.52. The normalized spacial score (nSPS) is 17.4. The lowest BCUT2D eigenvalue weighted by molar-refractivity contribution is -0.122. The van der Waals surface area contributed by atoms with Gasteiger partial charge >= 0.3 is 6.09 Å². The average Bonchev–Trinajstić information content (AvgIpc) is 2.94. The van der Waals surface area contributed by atoms with Crippen LogP contribution < -0.4 is 5.32 Å². The monoisotopic (exact) mass is 255 g/mol. The van der Waals surface area contributed by atoms with Crippen LogP contribution in [-0.4, -0.2) is 23.5 Å². The number of carbonyl (C=O) groups is 2. The fraction of sp³-hybridized carbons (Fsp3) is 0.857. The van der Waals surface area contributed by atoms with Crippen molar-refractivity contribution in [2.24, 2.45) is 11.8 Å². The van der Waals surface area contributed by atoms with Gasteiger partial charge in [0, 0.05) is 6.42 Å². The summed E-state index contributed by atoms with van der Waals surface area (Å²) in [5.74, 6) is 0.751. The third-order valence-electron chi connectivity index (χ3n) is 2.87. The van der Waals surface area contributed by atoms with E-state index in [0.29, 0.717) is 12.3 Å². The molecule has 0 bridgehead atoms. The predicted octanol–water partition coefficient (Wildman–Crippen LogP) is 2.90. The average molecular weight is 255 g/mol. The quantitative estimate of drug-likeness (QED) is 0.821. The molecule has 0 unspecified atom stereocenters. The smallest absolute Gasteiger partial charge is 0.408 e. The van der Waals surface area contributed by atoms with Gasteiger partial charge in [-0.1, -0.05) is 13.8 Å². The van der Waals surface area contributed by atoms with E-state index in [2.05, 4.69) is 5.32 Å². The maximum Gasteiger partial charge on any atom is 0.408 e. The van der Waals surface area contributed by atoms with Crippen molar-refractivity contribution in [3.63, 3.8) is 0 Å². The van der Waals surface area contributed by atoms with Crippen molar-refractivity contribution < 1.29 is 14.3 Å². The number of nitrogens with one attached hydrogen (secondary N) is 1. The van der Waals surface area contributed by atoms with E-state index in [9.17, 15) is 9.59 Å². The summed E-state index contributed by atoms with van der Waals surface area (Å²) in [5.41, 5.74) is -0.537. The fourth-order valence-corrected chi connectivity index (χ4v) is 1.79. The number of rotatable bonds is 5. The van der Waals surface area contributed by atoms with Gasteiger partial charge in [0.15, 0.2) is 5.78 Å². The summed E-state index contributed by atoms with van der Waals surface area (Å²) in [7, 11) is 0. The Hall–Kier alpha value is -1.06. The molecule has 0 aromatic carbocycles. The number of ketones is 1. The highest BCUT2D eigenvalue weighted by molar-refractivity contribution is 5.88. The van der Waals surface area contributed by atoms with E-state index in [1.807, 2.05) is 34.6 Å². The molecule has 1 rings (SSSR count). The van der Waals surface area contributed by atoms with E-state index < -0.39 is 17.7 Å². The second-order valence-corrected chi connectivity index (χ2v) is 6.48. The molecule has 1 amide bonds. The van der Waals surface area contributed by atoms with Crippen molar-refractivity contribution in [2.45, 2.75) is 65.5 Å². The van der Waals surface area contributed by atoms with Gasteiger partial charge in [0.2, 0.25) is 0 Å². The standard InChI is InChI=1S/C14H25NO3/c1-9(2)12(11(16)8-10-6-7-10)15-13(17)18-14(3,4)5/h9-10,12H,6-8H2,1-5H3,(H,15,17)/t12-/m1/s1. The van der Waals surface area contributed by atoms with Gasteiger partial charge in [0.1, 0.15) is 5.60 Å². The molecule has 0 aromatic heterocycles. The van der Waals surface area contributed by atoms with Crippen molar-refractivity contribution in [3.05, 3.63) is 0 Å². The second kappa shape index (κ2) is 5.72. The Morgan fingerprint density at radius 3 is 2.22 bits per heavy atom. The van der Waals surface area contributed by atoms with Crippen molar-refractivity contribution in [1.82, 2.24) is 5.32 Å². The molecule has 1 atom stereocenters. The second-order valence-electron chi connectivity index (χ2n) is 6.48. The van der Waals surface area contributed by atoms with Crippen molar-refractivity contribution in [1.29, 1.82) is 0 Å². The molecule has 18 heavy (non-hydrogen) atoms.